The van der Waals surface area contributed by atoms with Crippen molar-refractivity contribution in [3.8, 4) is 0 Å². The summed E-state index contributed by atoms with van der Waals surface area (Å²) in [6, 6.07) is 14.8. The molecule has 5 rings (SSSR count). The molecule has 0 saturated carbocycles. The van der Waals surface area contributed by atoms with Gasteiger partial charge in [-0.2, -0.15) is 0 Å². The monoisotopic (exact) mass is 500 g/mol. The van der Waals surface area contributed by atoms with Crippen LogP contribution in [0.5, 0.6) is 0 Å². The van der Waals surface area contributed by atoms with Gasteiger partial charge in [-0.3, -0.25) is 14.4 Å². The van der Waals surface area contributed by atoms with Gasteiger partial charge in [-0.05, 0) is 55.9 Å². The number of rotatable bonds is 4. The van der Waals surface area contributed by atoms with Crippen LogP contribution in [0.25, 0.3) is 10.9 Å². The molecule has 1 unspecified atom stereocenters. The predicted octanol–water partition coefficient (Wildman–Crippen LogP) is 4.44. The van der Waals surface area contributed by atoms with E-state index in [0.717, 1.165) is 40.4 Å². The molecule has 3 aromatic rings. The molecule has 7 heteroatoms. The molecule has 2 fully saturated rings. The van der Waals surface area contributed by atoms with Crippen molar-refractivity contribution in [2.45, 2.75) is 65.6 Å². The van der Waals surface area contributed by atoms with Crippen LogP contribution in [0.3, 0.4) is 0 Å². The molecule has 2 N–H and O–H groups in total. The van der Waals surface area contributed by atoms with Crippen molar-refractivity contribution in [3.63, 3.8) is 0 Å². The highest BCUT2D eigenvalue weighted by atomic mass is 16.2. The highest BCUT2D eigenvalue weighted by Crippen LogP contribution is 2.35. The summed E-state index contributed by atoms with van der Waals surface area (Å²) in [5, 5.41) is 3.96. The lowest BCUT2D eigenvalue weighted by atomic mass is 9.81. The minimum atomic E-state index is -0.683. The zero-order chi connectivity index (χ0) is 26.5. The summed E-state index contributed by atoms with van der Waals surface area (Å²) in [6.07, 6.45) is 1.71. The average molecular weight is 501 g/mol. The fourth-order valence-electron chi connectivity index (χ4n) is 5.66. The molecule has 2 aromatic carbocycles. The van der Waals surface area contributed by atoms with E-state index in [1.807, 2.05) is 92.9 Å². The van der Waals surface area contributed by atoms with E-state index in [2.05, 4.69) is 10.3 Å². The topological polar surface area (TPSA) is 85.5 Å². The Morgan fingerprint density at radius 1 is 1.00 bits per heavy atom. The maximum atomic E-state index is 13.8. The number of amides is 3. The van der Waals surface area contributed by atoms with Crippen molar-refractivity contribution in [1.29, 1.82) is 0 Å². The van der Waals surface area contributed by atoms with E-state index in [9.17, 15) is 14.4 Å². The number of para-hydroxylation sites is 1. The lowest BCUT2D eigenvalue weighted by molar-refractivity contribution is -0.152. The molecule has 7 nitrogen and oxygen atoms in total. The SMILES string of the molecule is Cc1ccc(C)c(C(=O)N2CCCC3[C@H]2CN3C(=O)[C@@H](NC(=O)c2cc3ccccc3[nH]2)C(C)(C)C)c1. The van der Waals surface area contributed by atoms with Gasteiger partial charge in [0.25, 0.3) is 11.8 Å². The van der Waals surface area contributed by atoms with Crippen LogP contribution in [-0.4, -0.2) is 63.7 Å². The number of carbonyl (C=O) groups is 3. The highest BCUT2D eigenvalue weighted by molar-refractivity contribution is 6.01. The lowest BCUT2D eigenvalue weighted by Crippen LogP contribution is -2.73. The van der Waals surface area contributed by atoms with Gasteiger partial charge in [-0.25, -0.2) is 0 Å². The summed E-state index contributed by atoms with van der Waals surface area (Å²) in [7, 11) is 0. The predicted molar refractivity (Wildman–Crippen MR) is 144 cm³/mol. The van der Waals surface area contributed by atoms with E-state index in [1.54, 1.807) is 0 Å². The van der Waals surface area contributed by atoms with Gasteiger partial charge < -0.3 is 20.1 Å². The number of aromatic nitrogens is 1. The normalized spacial score (nSPS) is 20.2. The maximum Gasteiger partial charge on any atom is 0.268 e. The molecule has 2 aliphatic rings. The van der Waals surface area contributed by atoms with Gasteiger partial charge in [0.15, 0.2) is 0 Å². The molecule has 3 atom stereocenters. The minimum Gasteiger partial charge on any atom is -0.351 e. The number of nitrogens with zero attached hydrogens (tertiary/aromatic N) is 2. The Morgan fingerprint density at radius 3 is 2.49 bits per heavy atom. The number of H-pyrrole nitrogens is 1. The van der Waals surface area contributed by atoms with Gasteiger partial charge in [-0.1, -0.05) is 56.7 Å². The van der Waals surface area contributed by atoms with Gasteiger partial charge in [-0.15, -0.1) is 0 Å². The first-order valence-corrected chi connectivity index (χ1v) is 13.1. The first-order chi connectivity index (χ1) is 17.5. The smallest absolute Gasteiger partial charge is 0.268 e. The molecule has 0 bridgehead atoms. The molecule has 3 amide bonds. The largest absolute Gasteiger partial charge is 0.351 e. The standard InChI is InChI=1S/C30H36N4O3/c1-18-12-13-19(2)21(15-18)28(36)33-14-8-11-24-25(33)17-34(24)29(37)26(30(3,4)5)32-27(35)23-16-20-9-6-7-10-22(20)31-23/h6-7,9-10,12-13,15-16,24-26,31H,8,11,14,17H2,1-5H3,(H,32,35)/t24?,25-,26-/m1/s1. The number of fused-ring (bicyclic) bond motifs is 2. The minimum absolute atomic E-state index is 0.00939. The number of piperidine rings is 1. The Kier molecular flexibility index (Phi) is 6.34. The quantitative estimate of drug-likeness (QED) is 0.555. The van der Waals surface area contributed by atoms with Crippen LogP contribution in [0.1, 0.15) is 65.6 Å². The van der Waals surface area contributed by atoms with Crippen molar-refractivity contribution in [2.24, 2.45) is 5.41 Å². The van der Waals surface area contributed by atoms with Crippen LogP contribution < -0.4 is 5.32 Å². The van der Waals surface area contributed by atoms with Crippen molar-refractivity contribution in [2.75, 3.05) is 13.1 Å². The van der Waals surface area contributed by atoms with Gasteiger partial charge in [0.1, 0.15) is 11.7 Å². The molecule has 3 heterocycles. The van der Waals surface area contributed by atoms with Gasteiger partial charge in [0.05, 0.1) is 12.1 Å². The summed E-state index contributed by atoms with van der Waals surface area (Å²) >= 11 is 0. The zero-order valence-corrected chi connectivity index (χ0v) is 22.3. The zero-order valence-electron chi connectivity index (χ0n) is 22.3. The number of aromatic amines is 1. The molecule has 194 valence electrons. The van der Waals surface area contributed by atoms with E-state index >= 15 is 0 Å². The van der Waals surface area contributed by atoms with Gasteiger partial charge >= 0.3 is 0 Å². The lowest BCUT2D eigenvalue weighted by Gasteiger charge is -2.56. The summed E-state index contributed by atoms with van der Waals surface area (Å²) in [4.78, 5) is 47.4. The van der Waals surface area contributed by atoms with Crippen molar-refractivity contribution >= 4 is 28.6 Å². The Hall–Kier alpha value is -3.61. The Bertz CT molecular complexity index is 1340. The van der Waals surface area contributed by atoms with Crippen LogP contribution in [0.2, 0.25) is 0 Å². The van der Waals surface area contributed by atoms with E-state index < -0.39 is 11.5 Å². The second kappa shape index (κ2) is 9.36. The van der Waals surface area contributed by atoms with Crippen molar-refractivity contribution in [1.82, 2.24) is 20.1 Å². The van der Waals surface area contributed by atoms with Crippen LogP contribution in [0.4, 0.5) is 0 Å². The number of likely N-dealkylation sites (tertiary alicyclic amines) is 2. The molecule has 0 aliphatic carbocycles. The first kappa shape index (κ1) is 25.1. The van der Waals surface area contributed by atoms with Crippen molar-refractivity contribution < 1.29 is 14.4 Å². The number of benzene rings is 2. The number of nitrogens with one attached hydrogen (secondary N) is 2. The third-order valence-electron chi connectivity index (χ3n) is 7.86. The second-order valence-electron chi connectivity index (χ2n) is 11.6. The summed E-state index contributed by atoms with van der Waals surface area (Å²) < 4.78 is 0. The second-order valence-corrected chi connectivity index (χ2v) is 11.6. The van der Waals surface area contributed by atoms with Crippen LogP contribution >= 0.6 is 0 Å². The Morgan fingerprint density at radius 2 is 1.76 bits per heavy atom. The highest BCUT2D eigenvalue weighted by Gasteiger charge is 2.51. The molecule has 2 saturated heterocycles. The summed E-state index contributed by atoms with van der Waals surface area (Å²) in [6.45, 7) is 11.1. The fraction of sp³-hybridized carbons (Fsp3) is 0.433. The first-order valence-electron chi connectivity index (χ1n) is 13.1. The summed E-state index contributed by atoms with van der Waals surface area (Å²) in [5.41, 5.74) is 3.61. The molecular formula is C30H36N4O3. The molecule has 1 aromatic heterocycles. The molecule has 2 aliphatic heterocycles. The fourth-order valence-corrected chi connectivity index (χ4v) is 5.66. The summed E-state index contributed by atoms with van der Waals surface area (Å²) in [5.74, 6) is -0.335. The molecule has 37 heavy (non-hydrogen) atoms. The van der Waals surface area contributed by atoms with Crippen LogP contribution in [0, 0.1) is 19.3 Å². The Labute approximate surface area is 218 Å². The number of hydrogen-bond donors (Lipinski definition) is 2. The van der Waals surface area contributed by atoms with E-state index in [4.69, 9.17) is 0 Å². The van der Waals surface area contributed by atoms with E-state index in [-0.39, 0.29) is 29.8 Å². The van der Waals surface area contributed by atoms with Crippen LogP contribution in [0.15, 0.2) is 48.5 Å². The molecule has 0 spiro atoms. The number of hydrogen-bond acceptors (Lipinski definition) is 3. The third-order valence-corrected chi connectivity index (χ3v) is 7.86. The van der Waals surface area contributed by atoms with Crippen LogP contribution in [-0.2, 0) is 4.79 Å². The van der Waals surface area contributed by atoms with Gasteiger partial charge in [0, 0.05) is 29.6 Å². The average Bonchev–Trinajstić information content (AvgIpc) is 3.27. The molecule has 0 radical (unpaired) electrons. The molecular weight excluding hydrogens is 464 g/mol. The third kappa shape index (κ3) is 4.63. The Balaban J connectivity index is 1.32. The van der Waals surface area contributed by atoms with E-state index in [0.29, 0.717) is 18.8 Å². The maximum absolute atomic E-state index is 13.8. The number of carbonyl (C=O) groups excluding carboxylic acids is 3. The van der Waals surface area contributed by atoms with Crippen molar-refractivity contribution in [3.05, 3.63) is 70.9 Å². The van der Waals surface area contributed by atoms with E-state index in [1.165, 1.54) is 0 Å². The number of aryl methyl sites for hydroxylation is 2. The van der Waals surface area contributed by atoms with Gasteiger partial charge in [0.2, 0.25) is 5.91 Å².